The highest BCUT2D eigenvalue weighted by molar-refractivity contribution is 5.93. The van der Waals surface area contributed by atoms with Crippen LogP contribution in [0.4, 0.5) is 5.69 Å². The van der Waals surface area contributed by atoms with E-state index in [2.05, 4.69) is 20.4 Å². The summed E-state index contributed by atoms with van der Waals surface area (Å²) < 4.78 is 11.1. The maximum Gasteiger partial charge on any atom is 0.238 e. The molecule has 1 aliphatic carbocycles. The van der Waals surface area contributed by atoms with E-state index in [-0.39, 0.29) is 5.91 Å². The minimum Gasteiger partial charge on any atom is -0.495 e. The average molecular weight is 356 g/mol. The van der Waals surface area contributed by atoms with Gasteiger partial charge in [-0.3, -0.25) is 9.69 Å². The number of nitrogens with zero attached hydrogens (tertiary/aromatic N) is 3. The Hall–Kier alpha value is -2.41. The Morgan fingerprint density at radius 1 is 1.15 bits per heavy atom. The van der Waals surface area contributed by atoms with Gasteiger partial charge in [0.1, 0.15) is 5.75 Å². The molecular weight excluding hydrogens is 332 g/mol. The van der Waals surface area contributed by atoms with E-state index in [9.17, 15) is 4.79 Å². The molecule has 1 aromatic heterocycles. The minimum atomic E-state index is -0.0261. The summed E-state index contributed by atoms with van der Waals surface area (Å²) in [6, 6.07) is 7.44. The Bertz CT molecular complexity index is 764. The van der Waals surface area contributed by atoms with Crippen molar-refractivity contribution in [1.29, 1.82) is 0 Å². The summed E-state index contributed by atoms with van der Waals surface area (Å²) >= 11 is 0. The van der Waals surface area contributed by atoms with Crippen LogP contribution in [0, 0.1) is 0 Å². The number of amides is 1. The number of carbonyl (C=O) groups is 1. The zero-order valence-electron chi connectivity index (χ0n) is 15.0. The van der Waals surface area contributed by atoms with Crippen LogP contribution in [0.2, 0.25) is 0 Å². The fourth-order valence-corrected chi connectivity index (χ4v) is 3.39. The van der Waals surface area contributed by atoms with Gasteiger partial charge in [-0.15, -0.1) is 10.2 Å². The Morgan fingerprint density at radius 3 is 2.46 bits per heavy atom. The molecule has 1 aromatic carbocycles. The third-order valence-corrected chi connectivity index (χ3v) is 5.07. The first kappa shape index (κ1) is 17.0. The molecule has 0 spiro atoms. The number of aromatic nitrogens is 2. The Labute approximate surface area is 152 Å². The van der Waals surface area contributed by atoms with Gasteiger partial charge in [0.25, 0.3) is 0 Å². The minimum absolute atomic E-state index is 0.0261. The molecule has 1 saturated heterocycles. The van der Waals surface area contributed by atoms with Crippen molar-refractivity contribution >= 4 is 11.6 Å². The number of nitrogens with one attached hydrogen (secondary N) is 1. The molecule has 1 N–H and O–H groups in total. The van der Waals surface area contributed by atoms with Gasteiger partial charge in [-0.05, 0) is 50.9 Å². The number of piperidine rings is 1. The zero-order valence-corrected chi connectivity index (χ0v) is 15.0. The third-order valence-electron chi connectivity index (χ3n) is 5.07. The van der Waals surface area contributed by atoms with Gasteiger partial charge >= 0.3 is 0 Å². The number of likely N-dealkylation sites (tertiary alicyclic amines) is 1. The summed E-state index contributed by atoms with van der Waals surface area (Å²) in [5.41, 5.74) is 0.702. The van der Waals surface area contributed by atoms with Gasteiger partial charge in [-0.25, -0.2) is 0 Å². The number of ether oxygens (including phenoxy) is 1. The molecular formula is C19H24N4O3. The second-order valence-electron chi connectivity index (χ2n) is 7.05. The van der Waals surface area contributed by atoms with Gasteiger partial charge in [-0.1, -0.05) is 12.1 Å². The fraction of sp³-hybridized carbons (Fsp3) is 0.526. The molecule has 1 amide bonds. The molecule has 0 radical (unpaired) electrons. The number of rotatable bonds is 6. The second-order valence-corrected chi connectivity index (χ2v) is 7.05. The normalized spacial score (nSPS) is 18.7. The number of anilines is 1. The van der Waals surface area contributed by atoms with Crippen LogP contribution in [0.15, 0.2) is 28.7 Å². The maximum absolute atomic E-state index is 12.3. The van der Waals surface area contributed by atoms with E-state index < -0.39 is 0 Å². The van der Waals surface area contributed by atoms with Crippen LogP contribution < -0.4 is 10.1 Å². The third kappa shape index (κ3) is 3.88. The van der Waals surface area contributed by atoms with Gasteiger partial charge in [0.05, 0.1) is 19.3 Å². The number of hydrogen-bond donors (Lipinski definition) is 1. The van der Waals surface area contributed by atoms with E-state index in [0.29, 0.717) is 29.8 Å². The van der Waals surface area contributed by atoms with E-state index in [1.54, 1.807) is 7.11 Å². The van der Waals surface area contributed by atoms with Crippen molar-refractivity contribution in [2.75, 3.05) is 32.1 Å². The molecule has 2 heterocycles. The van der Waals surface area contributed by atoms with Crippen LogP contribution in [-0.4, -0.2) is 47.7 Å². The van der Waals surface area contributed by atoms with Crippen LogP contribution in [-0.2, 0) is 4.79 Å². The van der Waals surface area contributed by atoms with Gasteiger partial charge in [0, 0.05) is 11.8 Å². The Morgan fingerprint density at radius 2 is 1.81 bits per heavy atom. The van der Waals surface area contributed by atoms with E-state index in [0.717, 1.165) is 37.7 Å². The highest BCUT2D eigenvalue weighted by Gasteiger charge is 2.32. The van der Waals surface area contributed by atoms with Gasteiger partial charge in [0.15, 0.2) is 0 Å². The molecule has 4 rings (SSSR count). The molecule has 2 aliphatic rings. The van der Waals surface area contributed by atoms with E-state index >= 15 is 0 Å². The molecule has 0 bridgehead atoms. The Kier molecular flexibility index (Phi) is 4.88. The number of methoxy groups -OCH3 is 1. The SMILES string of the molecule is COc1ccccc1NC(=O)CN1CCC(c2nnc(C3CC3)o2)CC1. The van der Waals surface area contributed by atoms with Crippen LogP contribution in [0.1, 0.15) is 49.3 Å². The number of para-hydroxylation sites is 2. The van der Waals surface area contributed by atoms with Crippen LogP contribution >= 0.6 is 0 Å². The van der Waals surface area contributed by atoms with Crippen LogP contribution in [0.3, 0.4) is 0 Å². The highest BCUT2D eigenvalue weighted by atomic mass is 16.5. The first-order valence-electron chi connectivity index (χ1n) is 9.21. The van der Waals surface area contributed by atoms with Crippen molar-refractivity contribution in [3.63, 3.8) is 0 Å². The summed E-state index contributed by atoms with van der Waals surface area (Å²) in [6.07, 6.45) is 4.21. The van der Waals surface area contributed by atoms with Crippen molar-refractivity contribution in [2.24, 2.45) is 0 Å². The lowest BCUT2D eigenvalue weighted by molar-refractivity contribution is -0.117. The molecule has 7 nitrogen and oxygen atoms in total. The first-order chi connectivity index (χ1) is 12.7. The molecule has 1 aliphatic heterocycles. The quantitative estimate of drug-likeness (QED) is 0.857. The predicted octanol–water partition coefficient (Wildman–Crippen LogP) is 2.77. The topological polar surface area (TPSA) is 80.5 Å². The summed E-state index contributed by atoms with van der Waals surface area (Å²) in [5.74, 6) is 3.02. The van der Waals surface area contributed by atoms with Crippen molar-refractivity contribution in [3.05, 3.63) is 36.0 Å². The summed E-state index contributed by atoms with van der Waals surface area (Å²) in [7, 11) is 1.60. The molecule has 138 valence electrons. The average Bonchev–Trinajstić information content (AvgIpc) is 3.40. The van der Waals surface area contributed by atoms with E-state index in [4.69, 9.17) is 9.15 Å². The lowest BCUT2D eigenvalue weighted by Crippen LogP contribution is -2.38. The van der Waals surface area contributed by atoms with Gasteiger partial charge < -0.3 is 14.5 Å². The Balaban J connectivity index is 1.27. The van der Waals surface area contributed by atoms with Crippen LogP contribution in [0.5, 0.6) is 5.75 Å². The molecule has 0 unspecified atom stereocenters. The molecule has 0 atom stereocenters. The molecule has 7 heteroatoms. The van der Waals surface area contributed by atoms with E-state index in [1.807, 2.05) is 24.3 Å². The second kappa shape index (κ2) is 7.45. The molecule has 2 fully saturated rings. The first-order valence-corrected chi connectivity index (χ1v) is 9.21. The summed E-state index contributed by atoms with van der Waals surface area (Å²) in [6.45, 7) is 2.08. The maximum atomic E-state index is 12.3. The van der Waals surface area contributed by atoms with Gasteiger partial charge in [-0.2, -0.15) is 0 Å². The van der Waals surface area contributed by atoms with Gasteiger partial charge in [0.2, 0.25) is 17.7 Å². The molecule has 1 saturated carbocycles. The molecule has 26 heavy (non-hydrogen) atoms. The predicted molar refractivity (Wildman–Crippen MR) is 96.3 cm³/mol. The zero-order chi connectivity index (χ0) is 17.9. The van der Waals surface area contributed by atoms with Crippen molar-refractivity contribution in [3.8, 4) is 5.75 Å². The highest BCUT2D eigenvalue weighted by Crippen LogP contribution is 2.40. The fourth-order valence-electron chi connectivity index (χ4n) is 3.39. The van der Waals surface area contributed by atoms with Crippen molar-refractivity contribution < 1.29 is 13.9 Å². The lowest BCUT2D eigenvalue weighted by atomic mass is 9.97. The standard InChI is InChI=1S/C19H24N4O3/c1-25-16-5-3-2-4-15(16)20-17(24)12-23-10-8-14(9-11-23)19-22-21-18(26-19)13-6-7-13/h2-5,13-14H,6-12H2,1H3,(H,20,24). The molecule has 2 aromatic rings. The smallest absolute Gasteiger partial charge is 0.238 e. The summed E-state index contributed by atoms with van der Waals surface area (Å²) in [5, 5.41) is 11.3. The monoisotopic (exact) mass is 356 g/mol. The van der Waals surface area contributed by atoms with Crippen LogP contribution in [0.25, 0.3) is 0 Å². The van der Waals surface area contributed by atoms with Crippen molar-refractivity contribution in [2.45, 2.75) is 37.5 Å². The van der Waals surface area contributed by atoms with E-state index in [1.165, 1.54) is 12.8 Å². The largest absolute Gasteiger partial charge is 0.495 e. The van der Waals surface area contributed by atoms with Crippen molar-refractivity contribution in [1.82, 2.24) is 15.1 Å². The number of carbonyl (C=O) groups excluding carboxylic acids is 1. The number of benzene rings is 1. The summed E-state index contributed by atoms with van der Waals surface area (Å²) in [4.78, 5) is 14.5. The lowest BCUT2D eigenvalue weighted by Gasteiger charge is -2.29. The number of hydrogen-bond acceptors (Lipinski definition) is 6.